The third-order valence-corrected chi connectivity index (χ3v) is 8.93. The van der Waals surface area contributed by atoms with Crippen LogP contribution >= 0.6 is 11.6 Å². The number of hydrogen-bond donors (Lipinski definition) is 2. The smallest absolute Gasteiger partial charge is 0.409 e. The Labute approximate surface area is 166 Å². The molecule has 0 bridgehead atoms. The Morgan fingerprint density at radius 1 is 1.41 bits per heavy atom. The minimum atomic E-state index is -3.96. The first kappa shape index (κ1) is 21.8. The monoisotopic (exact) mass is 434 g/mol. The predicted octanol–water partition coefficient (Wildman–Crippen LogP) is 3.34. The van der Waals surface area contributed by atoms with Crippen LogP contribution in [-0.2, 0) is 14.6 Å². The summed E-state index contributed by atoms with van der Waals surface area (Å²) in [5.41, 5.74) is 5.57. The van der Waals surface area contributed by atoms with Crippen molar-refractivity contribution in [3.05, 3.63) is 17.2 Å². The van der Waals surface area contributed by atoms with Crippen LogP contribution in [0.15, 0.2) is 17.0 Å². The van der Waals surface area contributed by atoms with Gasteiger partial charge in [0.1, 0.15) is 4.90 Å². The van der Waals surface area contributed by atoms with Crippen LogP contribution in [0, 0.1) is 0 Å². The molecule has 1 heterocycles. The molecule has 0 spiro atoms. The lowest BCUT2D eigenvalue weighted by molar-refractivity contribution is 0.100. The summed E-state index contributed by atoms with van der Waals surface area (Å²) in [4.78, 5) is 13.3. The van der Waals surface area contributed by atoms with Gasteiger partial charge in [-0.25, -0.2) is 13.2 Å². The van der Waals surface area contributed by atoms with Gasteiger partial charge >= 0.3 is 6.09 Å². The van der Waals surface area contributed by atoms with Gasteiger partial charge in [-0.3, -0.25) is 0 Å². The molecule has 0 radical (unpaired) electrons. The molecule has 10 heteroatoms. The molecule has 27 heavy (non-hydrogen) atoms. The number of benzene rings is 1. The van der Waals surface area contributed by atoms with Gasteiger partial charge in [-0.2, -0.15) is 0 Å². The number of nitrogens with two attached hydrogens (primary N) is 1. The maximum absolute atomic E-state index is 13.0. The largest absolute Gasteiger partial charge is 0.504 e. The molecule has 1 aliphatic heterocycles. The molecule has 0 aliphatic carbocycles. The van der Waals surface area contributed by atoms with E-state index < -0.39 is 35.0 Å². The third kappa shape index (κ3) is 5.29. The molecule has 1 saturated heterocycles. The van der Waals surface area contributed by atoms with Gasteiger partial charge in [0, 0.05) is 21.2 Å². The average molecular weight is 435 g/mol. The van der Waals surface area contributed by atoms with E-state index >= 15 is 0 Å². The summed E-state index contributed by atoms with van der Waals surface area (Å²) in [5.74, 6) is -0.544. The van der Waals surface area contributed by atoms with Crippen molar-refractivity contribution in [1.82, 2.24) is 4.90 Å². The number of rotatable bonds is 5. The van der Waals surface area contributed by atoms with E-state index in [4.69, 9.17) is 22.1 Å². The van der Waals surface area contributed by atoms with Crippen LogP contribution in [0.4, 0.5) is 10.5 Å². The second-order valence-corrected chi connectivity index (χ2v) is 16.2. The number of amides is 1. The highest BCUT2D eigenvalue weighted by molar-refractivity contribution is 7.92. The van der Waals surface area contributed by atoms with E-state index in [-0.39, 0.29) is 22.2 Å². The van der Waals surface area contributed by atoms with Crippen molar-refractivity contribution >= 4 is 41.3 Å². The summed E-state index contributed by atoms with van der Waals surface area (Å²) in [7, 11) is -5.29. The van der Waals surface area contributed by atoms with E-state index in [2.05, 4.69) is 19.6 Å². The van der Waals surface area contributed by atoms with Crippen molar-refractivity contribution in [3.8, 4) is 5.75 Å². The number of anilines is 1. The van der Waals surface area contributed by atoms with Crippen molar-refractivity contribution in [2.24, 2.45) is 0 Å². The van der Waals surface area contributed by atoms with E-state index in [0.717, 1.165) is 6.04 Å². The first-order valence-corrected chi connectivity index (χ1v) is 14.5. The van der Waals surface area contributed by atoms with Crippen LogP contribution in [-0.4, -0.2) is 57.5 Å². The number of ether oxygens (including phenoxy) is 1. The summed E-state index contributed by atoms with van der Waals surface area (Å²) in [6.45, 7) is 7.34. The standard InChI is InChI=1S/C17H27ClN2O5SSi/c1-27(2,3)10-9-25-17(22)20-8-4-5-12(11-20)26(23,24)16-13(18)6-7-14(19)15(16)21/h6-7,12,21H,4-5,8-11,19H2,1-3H3/t12-/m0/s1. The lowest BCUT2D eigenvalue weighted by Crippen LogP contribution is -2.45. The van der Waals surface area contributed by atoms with Crippen molar-refractivity contribution in [2.75, 3.05) is 25.4 Å². The molecule has 152 valence electrons. The van der Waals surface area contributed by atoms with Gasteiger partial charge in [0.25, 0.3) is 0 Å². The summed E-state index contributed by atoms with van der Waals surface area (Å²) in [5, 5.41) is 9.16. The predicted molar refractivity (Wildman–Crippen MR) is 109 cm³/mol. The van der Waals surface area contributed by atoms with Gasteiger partial charge < -0.3 is 20.5 Å². The highest BCUT2D eigenvalue weighted by Gasteiger charge is 2.37. The second-order valence-electron chi connectivity index (χ2n) is 7.99. The fourth-order valence-electron chi connectivity index (χ4n) is 2.89. The average Bonchev–Trinajstić information content (AvgIpc) is 2.57. The van der Waals surface area contributed by atoms with Gasteiger partial charge in [-0.1, -0.05) is 31.2 Å². The zero-order valence-electron chi connectivity index (χ0n) is 15.9. The zero-order valence-corrected chi connectivity index (χ0v) is 18.4. The van der Waals surface area contributed by atoms with Gasteiger partial charge in [0.05, 0.1) is 22.6 Å². The molecule has 1 aromatic rings. The fraction of sp³-hybridized carbons (Fsp3) is 0.588. The van der Waals surface area contributed by atoms with Crippen molar-refractivity contribution in [1.29, 1.82) is 0 Å². The molecule has 1 amide bonds. The molecule has 3 N–H and O–H groups in total. The maximum Gasteiger partial charge on any atom is 0.409 e. The van der Waals surface area contributed by atoms with E-state index in [1.165, 1.54) is 17.0 Å². The Hall–Kier alpha value is -1.45. The van der Waals surface area contributed by atoms with E-state index in [1.807, 2.05) is 0 Å². The molecule has 1 aromatic carbocycles. The van der Waals surface area contributed by atoms with Crippen LogP contribution < -0.4 is 5.73 Å². The quantitative estimate of drug-likeness (QED) is 0.417. The number of piperidine rings is 1. The first-order valence-electron chi connectivity index (χ1n) is 8.86. The van der Waals surface area contributed by atoms with Crippen LogP contribution in [0.5, 0.6) is 5.75 Å². The molecule has 0 unspecified atom stereocenters. The first-order chi connectivity index (χ1) is 12.4. The normalized spacial score (nSPS) is 18.4. The minimum Gasteiger partial charge on any atom is -0.504 e. The number of hydrogen-bond acceptors (Lipinski definition) is 6. The van der Waals surface area contributed by atoms with Gasteiger partial charge in [-0.15, -0.1) is 0 Å². The number of carbonyl (C=O) groups excluding carboxylic acids is 1. The zero-order chi connectivity index (χ0) is 20.4. The van der Waals surface area contributed by atoms with E-state index in [9.17, 15) is 18.3 Å². The van der Waals surface area contributed by atoms with Crippen molar-refractivity contribution in [3.63, 3.8) is 0 Å². The lowest BCUT2D eigenvalue weighted by Gasteiger charge is -2.32. The number of phenolic OH excluding ortho intramolecular Hbond substituents is 1. The molecular weight excluding hydrogens is 408 g/mol. The highest BCUT2D eigenvalue weighted by Crippen LogP contribution is 2.38. The summed E-state index contributed by atoms with van der Waals surface area (Å²) < 4.78 is 31.4. The SMILES string of the molecule is C[Si](C)(C)CCOC(=O)N1CCC[C@H](S(=O)(=O)c2c(Cl)ccc(N)c2O)C1. The Kier molecular flexibility index (Phi) is 6.70. The Bertz CT molecular complexity index is 810. The maximum atomic E-state index is 13.0. The van der Waals surface area contributed by atoms with Crippen LogP contribution in [0.25, 0.3) is 0 Å². The van der Waals surface area contributed by atoms with E-state index in [1.54, 1.807) is 0 Å². The number of aromatic hydroxyl groups is 1. The summed E-state index contributed by atoms with van der Waals surface area (Å²) in [6, 6.07) is 3.54. The second kappa shape index (κ2) is 8.28. The lowest BCUT2D eigenvalue weighted by atomic mass is 10.1. The third-order valence-electron chi connectivity index (χ3n) is 4.55. The van der Waals surface area contributed by atoms with Crippen molar-refractivity contribution < 1.29 is 23.1 Å². The van der Waals surface area contributed by atoms with Crippen LogP contribution in [0.3, 0.4) is 0 Å². The van der Waals surface area contributed by atoms with Crippen molar-refractivity contribution in [2.45, 2.75) is 48.7 Å². The van der Waals surface area contributed by atoms with Crippen LogP contribution in [0.1, 0.15) is 12.8 Å². The minimum absolute atomic E-state index is 0.00131. The summed E-state index contributed by atoms with van der Waals surface area (Å²) in [6.07, 6.45) is 0.385. The number of phenols is 1. The molecule has 1 atom stereocenters. The Balaban J connectivity index is 2.13. The number of likely N-dealkylation sites (tertiary alicyclic amines) is 1. The molecule has 7 nitrogen and oxygen atoms in total. The Morgan fingerprint density at radius 2 is 2.07 bits per heavy atom. The van der Waals surface area contributed by atoms with E-state index in [0.29, 0.717) is 26.0 Å². The number of halogens is 1. The van der Waals surface area contributed by atoms with Gasteiger partial charge in [0.2, 0.25) is 0 Å². The number of sulfone groups is 1. The number of carbonyl (C=O) groups is 1. The number of nitrogen functional groups attached to an aromatic ring is 1. The highest BCUT2D eigenvalue weighted by atomic mass is 35.5. The molecule has 0 saturated carbocycles. The molecule has 1 aliphatic rings. The van der Waals surface area contributed by atoms with Gasteiger partial charge in [0.15, 0.2) is 15.6 Å². The fourth-order valence-corrected chi connectivity index (χ4v) is 6.00. The number of nitrogens with zero attached hydrogens (tertiary/aromatic N) is 1. The summed E-state index contributed by atoms with van der Waals surface area (Å²) >= 11 is 6.02. The topological polar surface area (TPSA) is 110 Å². The molecule has 0 aromatic heterocycles. The Morgan fingerprint density at radius 3 is 2.70 bits per heavy atom. The molecular formula is C17H27ClN2O5SSi. The molecule has 1 fully saturated rings. The van der Waals surface area contributed by atoms with Gasteiger partial charge in [-0.05, 0) is 31.0 Å². The molecule has 2 rings (SSSR count). The van der Waals surface area contributed by atoms with Crippen LogP contribution in [0.2, 0.25) is 30.7 Å².